The average Bonchev–Trinajstić information content (AvgIpc) is 3.30. The van der Waals surface area contributed by atoms with Gasteiger partial charge >= 0.3 is 0 Å². The lowest BCUT2D eigenvalue weighted by Crippen LogP contribution is -2.41. The first-order valence-corrected chi connectivity index (χ1v) is 7.37. The molecule has 2 saturated carbocycles. The minimum absolute atomic E-state index is 0.107. The predicted octanol–water partition coefficient (Wildman–Crippen LogP) is 2.08. The second kappa shape index (κ2) is 5.74. The van der Waals surface area contributed by atoms with E-state index < -0.39 is 0 Å². The summed E-state index contributed by atoms with van der Waals surface area (Å²) in [6, 6.07) is 10.6. The molecule has 102 valence electrons. The number of carbonyl (C=O) groups excluding carboxylic acids is 1. The van der Waals surface area contributed by atoms with Gasteiger partial charge in [0.25, 0.3) is 0 Å². The number of amides is 1. The number of nitrogens with one attached hydrogen (secondary N) is 2. The lowest BCUT2D eigenvalue weighted by Gasteiger charge is -2.17. The molecule has 0 saturated heterocycles. The fourth-order valence-corrected chi connectivity index (χ4v) is 2.70. The third-order valence-corrected chi connectivity index (χ3v) is 4.09. The van der Waals surface area contributed by atoms with Crippen molar-refractivity contribution in [3.8, 4) is 0 Å². The molecular formula is C16H22N2O. The molecule has 1 aromatic carbocycles. The summed E-state index contributed by atoms with van der Waals surface area (Å²) in [4.78, 5) is 11.8. The largest absolute Gasteiger partial charge is 0.351 e. The van der Waals surface area contributed by atoms with Crippen molar-refractivity contribution in [2.24, 2.45) is 11.8 Å². The van der Waals surface area contributed by atoms with Gasteiger partial charge in [0.1, 0.15) is 0 Å². The van der Waals surface area contributed by atoms with Crippen LogP contribution in [0.15, 0.2) is 30.3 Å². The Bertz CT molecular complexity index is 412. The van der Waals surface area contributed by atoms with Gasteiger partial charge in [0.2, 0.25) is 5.91 Å². The van der Waals surface area contributed by atoms with Crippen LogP contribution < -0.4 is 10.6 Å². The van der Waals surface area contributed by atoms with E-state index in [4.69, 9.17) is 0 Å². The molecule has 0 spiro atoms. The van der Waals surface area contributed by atoms with Gasteiger partial charge < -0.3 is 10.6 Å². The summed E-state index contributed by atoms with van der Waals surface area (Å²) in [6.45, 7) is 1.09. The van der Waals surface area contributed by atoms with Gasteiger partial charge in [-0.1, -0.05) is 30.3 Å². The third kappa shape index (κ3) is 3.80. The standard InChI is InChI=1S/C16H22N2O/c19-15(17-10-12-4-2-1-3-5-12)11-18-16(13-6-7-13)14-8-9-14/h1-5,13-14,16,18H,6-11H2,(H,17,19). The van der Waals surface area contributed by atoms with Crippen molar-refractivity contribution in [2.45, 2.75) is 38.3 Å². The Morgan fingerprint density at radius 1 is 1.11 bits per heavy atom. The van der Waals surface area contributed by atoms with Crippen LogP contribution in [0.1, 0.15) is 31.2 Å². The Kier molecular flexibility index (Phi) is 3.83. The second-order valence-corrected chi connectivity index (χ2v) is 5.84. The number of hydrogen-bond donors (Lipinski definition) is 2. The van der Waals surface area contributed by atoms with Crippen molar-refractivity contribution >= 4 is 5.91 Å². The van der Waals surface area contributed by atoms with Crippen molar-refractivity contribution < 1.29 is 4.79 Å². The predicted molar refractivity (Wildman–Crippen MR) is 75.5 cm³/mol. The Hall–Kier alpha value is -1.35. The van der Waals surface area contributed by atoms with E-state index in [9.17, 15) is 4.79 Å². The summed E-state index contributed by atoms with van der Waals surface area (Å²) in [7, 11) is 0. The number of carbonyl (C=O) groups is 1. The zero-order valence-electron chi connectivity index (χ0n) is 11.3. The van der Waals surface area contributed by atoms with Crippen LogP contribution in [-0.2, 0) is 11.3 Å². The molecular weight excluding hydrogens is 236 g/mol. The summed E-state index contributed by atoms with van der Waals surface area (Å²) in [6.07, 6.45) is 5.39. The summed E-state index contributed by atoms with van der Waals surface area (Å²) >= 11 is 0. The highest BCUT2D eigenvalue weighted by Gasteiger charge is 2.41. The number of hydrogen-bond acceptors (Lipinski definition) is 2. The smallest absolute Gasteiger partial charge is 0.234 e. The van der Waals surface area contributed by atoms with E-state index in [1.54, 1.807) is 0 Å². The van der Waals surface area contributed by atoms with Crippen LogP contribution >= 0.6 is 0 Å². The maximum absolute atomic E-state index is 11.8. The fraction of sp³-hybridized carbons (Fsp3) is 0.562. The molecule has 2 fully saturated rings. The molecule has 1 aromatic rings. The van der Waals surface area contributed by atoms with Crippen LogP contribution in [0.2, 0.25) is 0 Å². The highest BCUT2D eigenvalue weighted by Crippen LogP contribution is 2.44. The van der Waals surface area contributed by atoms with Crippen LogP contribution in [0, 0.1) is 11.8 Å². The van der Waals surface area contributed by atoms with Gasteiger partial charge in [0.15, 0.2) is 0 Å². The zero-order chi connectivity index (χ0) is 13.1. The highest BCUT2D eigenvalue weighted by atomic mass is 16.1. The zero-order valence-corrected chi connectivity index (χ0v) is 11.3. The van der Waals surface area contributed by atoms with Crippen LogP contribution in [0.4, 0.5) is 0 Å². The van der Waals surface area contributed by atoms with Gasteiger partial charge in [-0.05, 0) is 43.1 Å². The van der Waals surface area contributed by atoms with Crippen LogP contribution in [0.25, 0.3) is 0 Å². The lowest BCUT2D eigenvalue weighted by atomic mass is 10.1. The van der Waals surface area contributed by atoms with E-state index in [1.807, 2.05) is 30.3 Å². The quantitative estimate of drug-likeness (QED) is 0.786. The molecule has 0 bridgehead atoms. The van der Waals surface area contributed by atoms with Gasteiger partial charge in [-0.25, -0.2) is 0 Å². The van der Waals surface area contributed by atoms with E-state index in [2.05, 4.69) is 10.6 Å². The molecule has 2 aliphatic rings. The summed E-state index contributed by atoms with van der Waals surface area (Å²) in [5.74, 6) is 1.79. The number of benzene rings is 1. The molecule has 2 aliphatic carbocycles. The van der Waals surface area contributed by atoms with Crippen molar-refractivity contribution in [1.82, 2.24) is 10.6 Å². The molecule has 3 heteroatoms. The van der Waals surface area contributed by atoms with Crippen molar-refractivity contribution in [3.63, 3.8) is 0 Å². The van der Waals surface area contributed by atoms with Crippen LogP contribution in [0.3, 0.4) is 0 Å². The molecule has 2 N–H and O–H groups in total. The van der Waals surface area contributed by atoms with Gasteiger partial charge in [0.05, 0.1) is 6.54 Å². The molecule has 0 heterocycles. The van der Waals surface area contributed by atoms with Crippen molar-refractivity contribution in [3.05, 3.63) is 35.9 Å². The molecule has 3 nitrogen and oxygen atoms in total. The Morgan fingerprint density at radius 2 is 1.74 bits per heavy atom. The summed E-state index contributed by atoms with van der Waals surface area (Å²) in [5.41, 5.74) is 1.15. The van der Waals surface area contributed by atoms with Gasteiger partial charge in [-0.15, -0.1) is 0 Å². The monoisotopic (exact) mass is 258 g/mol. The average molecular weight is 258 g/mol. The SMILES string of the molecule is O=C(CNC(C1CC1)C1CC1)NCc1ccccc1. The lowest BCUT2D eigenvalue weighted by molar-refractivity contribution is -0.120. The number of rotatable bonds is 7. The first-order valence-electron chi connectivity index (χ1n) is 7.37. The van der Waals surface area contributed by atoms with E-state index in [0.29, 0.717) is 19.1 Å². The third-order valence-electron chi connectivity index (χ3n) is 4.09. The summed E-state index contributed by atoms with van der Waals surface area (Å²) < 4.78 is 0. The normalized spacial score (nSPS) is 18.6. The minimum Gasteiger partial charge on any atom is -0.351 e. The Balaban J connectivity index is 1.39. The van der Waals surface area contributed by atoms with Crippen LogP contribution in [-0.4, -0.2) is 18.5 Å². The highest BCUT2D eigenvalue weighted by molar-refractivity contribution is 5.78. The minimum atomic E-state index is 0.107. The Labute approximate surface area is 114 Å². The van der Waals surface area contributed by atoms with E-state index in [1.165, 1.54) is 25.7 Å². The molecule has 0 aromatic heterocycles. The van der Waals surface area contributed by atoms with Crippen molar-refractivity contribution in [1.29, 1.82) is 0 Å². The van der Waals surface area contributed by atoms with Crippen LogP contribution in [0.5, 0.6) is 0 Å². The molecule has 0 atom stereocenters. The topological polar surface area (TPSA) is 41.1 Å². The molecule has 1 amide bonds. The fourth-order valence-electron chi connectivity index (χ4n) is 2.70. The van der Waals surface area contributed by atoms with Gasteiger partial charge in [-0.3, -0.25) is 4.79 Å². The van der Waals surface area contributed by atoms with Gasteiger partial charge in [-0.2, -0.15) is 0 Å². The second-order valence-electron chi connectivity index (χ2n) is 5.84. The van der Waals surface area contributed by atoms with E-state index in [0.717, 1.165) is 17.4 Å². The molecule has 3 rings (SSSR count). The first-order chi connectivity index (χ1) is 9.33. The maximum atomic E-state index is 11.8. The van der Waals surface area contributed by atoms with E-state index in [-0.39, 0.29) is 5.91 Å². The molecule has 0 radical (unpaired) electrons. The molecule has 19 heavy (non-hydrogen) atoms. The molecule has 0 unspecified atom stereocenters. The first kappa shape index (κ1) is 12.7. The Morgan fingerprint density at radius 3 is 2.32 bits per heavy atom. The molecule has 0 aliphatic heterocycles. The summed E-state index contributed by atoms with van der Waals surface area (Å²) in [5, 5.41) is 6.44. The van der Waals surface area contributed by atoms with Gasteiger partial charge in [0, 0.05) is 12.6 Å². The maximum Gasteiger partial charge on any atom is 0.234 e. The van der Waals surface area contributed by atoms with E-state index >= 15 is 0 Å². The van der Waals surface area contributed by atoms with Crippen molar-refractivity contribution in [2.75, 3.05) is 6.54 Å².